The molecule has 1 heterocycles. The van der Waals surface area contributed by atoms with E-state index < -0.39 is 17.8 Å². The number of aromatic nitrogens is 1. The summed E-state index contributed by atoms with van der Waals surface area (Å²) in [5.41, 5.74) is 9.00. The van der Waals surface area contributed by atoms with Crippen LogP contribution in [0, 0.1) is 0 Å². The van der Waals surface area contributed by atoms with Gasteiger partial charge in [0.05, 0.1) is 31.0 Å². The Kier molecular flexibility index (Phi) is 5.85. The maximum Gasteiger partial charge on any atom is 0.317 e. The fraction of sp³-hybridized carbons (Fsp3) is 0.115. The molecule has 4 rings (SSSR count). The van der Waals surface area contributed by atoms with E-state index in [4.69, 9.17) is 20.2 Å². The highest BCUT2D eigenvalue weighted by Gasteiger charge is 2.33. The van der Waals surface area contributed by atoms with Crippen LogP contribution in [0.3, 0.4) is 0 Å². The van der Waals surface area contributed by atoms with Crippen LogP contribution in [-0.2, 0) is 9.53 Å². The number of methoxy groups -OCH3 is 2. The number of primary amides is 1. The first-order valence-corrected chi connectivity index (χ1v) is 10.0. The minimum Gasteiger partial charge on any atom is -0.497 e. The minimum absolute atomic E-state index is 0.232. The highest BCUT2D eigenvalue weighted by atomic mass is 16.5. The Labute approximate surface area is 185 Å². The number of benzene rings is 3. The monoisotopic (exact) mass is 426 g/mol. The number of hydrogen-bond donors (Lipinski definition) is 1. The number of ether oxygens (including phenoxy) is 2. The van der Waals surface area contributed by atoms with Crippen LogP contribution in [0.15, 0.2) is 78.9 Å². The number of fused-ring (bicyclic) bond motifs is 1. The predicted molar refractivity (Wildman–Crippen MR) is 123 cm³/mol. The van der Waals surface area contributed by atoms with Crippen molar-refractivity contribution >= 4 is 22.8 Å². The molecule has 0 aliphatic heterocycles. The summed E-state index contributed by atoms with van der Waals surface area (Å²) in [6, 6.07) is 23.8. The Balaban J connectivity index is 2.17. The van der Waals surface area contributed by atoms with Crippen molar-refractivity contribution in [2.24, 2.45) is 5.73 Å². The van der Waals surface area contributed by atoms with E-state index in [1.54, 1.807) is 25.3 Å². The molecule has 1 aromatic heterocycles. The van der Waals surface area contributed by atoms with Gasteiger partial charge in [-0.2, -0.15) is 0 Å². The molecule has 0 radical (unpaired) electrons. The average Bonchev–Trinajstić information content (AvgIpc) is 2.84. The standard InChI is InChI=1S/C26H22N2O4/c1-31-18-13-14-19-20(15-18)28-24(17-11-7-4-8-12-17)23(22(19)25(27)29)21(26(30)32-2)16-9-5-3-6-10-16/h3-15,21H,1-2H3,(H2,27,29). The third-order valence-electron chi connectivity index (χ3n) is 5.38. The van der Waals surface area contributed by atoms with E-state index in [9.17, 15) is 9.59 Å². The smallest absolute Gasteiger partial charge is 0.317 e. The Morgan fingerprint density at radius 2 is 1.56 bits per heavy atom. The van der Waals surface area contributed by atoms with Crippen LogP contribution in [0.1, 0.15) is 27.4 Å². The lowest BCUT2D eigenvalue weighted by Crippen LogP contribution is -2.23. The number of nitrogens with two attached hydrogens (primary N) is 1. The Morgan fingerprint density at radius 3 is 2.16 bits per heavy atom. The summed E-state index contributed by atoms with van der Waals surface area (Å²) in [6.45, 7) is 0. The predicted octanol–water partition coefficient (Wildman–Crippen LogP) is 4.31. The van der Waals surface area contributed by atoms with E-state index >= 15 is 0 Å². The fourth-order valence-corrected chi connectivity index (χ4v) is 3.93. The third kappa shape index (κ3) is 3.78. The summed E-state index contributed by atoms with van der Waals surface area (Å²) in [6.07, 6.45) is 0. The second kappa shape index (κ2) is 8.89. The second-order valence-corrected chi connectivity index (χ2v) is 7.23. The summed E-state index contributed by atoms with van der Waals surface area (Å²) < 4.78 is 10.5. The quantitative estimate of drug-likeness (QED) is 0.464. The average molecular weight is 426 g/mol. The molecular formula is C26H22N2O4. The molecule has 1 unspecified atom stereocenters. The molecule has 0 aliphatic rings. The summed E-state index contributed by atoms with van der Waals surface area (Å²) in [4.78, 5) is 30.8. The number of esters is 1. The second-order valence-electron chi connectivity index (χ2n) is 7.23. The summed E-state index contributed by atoms with van der Waals surface area (Å²) in [5, 5.41) is 0.540. The molecule has 0 saturated carbocycles. The number of hydrogen-bond acceptors (Lipinski definition) is 5. The van der Waals surface area contributed by atoms with E-state index in [0.29, 0.717) is 33.5 Å². The van der Waals surface area contributed by atoms with E-state index in [-0.39, 0.29) is 5.56 Å². The molecule has 4 aromatic rings. The molecule has 6 nitrogen and oxygen atoms in total. The molecule has 0 aliphatic carbocycles. The number of amides is 1. The van der Waals surface area contributed by atoms with Crippen LogP contribution in [0.5, 0.6) is 5.75 Å². The van der Waals surface area contributed by atoms with Gasteiger partial charge in [-0.05, 0) is 17.7 Å². The zero-order chi connectivity index (χ0) is 22.7. The van der Waals surface area contributed by atoms with Crippen molar-refractivity contribution in [1.29, 1.82) is 0 Å². The van der Waals surface area contributed by atoms with Crippen molar-refractivity contribution in [3.63, 3.8) is 0 Å². The Bertz CT molecular complexity index is 1290. The van der Waals surface area contributed by atoms with Gasteiger partial charge in [-0.3, -0.25) is 9.59 Å². The lowest BCUT2D eigenvalue weighted by Gasteiger charge is -2.23. The van der Waals surface area contributed by atoms with Gasteiger partial charge in [-0.15, -0.1) is 0 Å². The molecule has 1 atom stereocenters. The Hall–Kier alpha value is -4.19. The van der Waals surface area contributed by atoms with Gasteiger partial charge in [-0.25, -0.2) is 4.98 Å². The van der Waals surface area contributed by atoms with Crippen molar-refractivity contribution in [2.75, 3.05) is 14.2 Å². The van der Waals surface area contributed by atoms with Crippen LogP contribution in [0.2, 0.25) is 0 Å². The van der Waals surface area contributed by atoms with Crippen LogP contribution in [-0.4, -0.2) is 31.1 Å². The molecule has 0 bridgehead atoms. The fourth-order valence-electron chi connectivity index (χ4n) is 3.93. The Morgan fingerprint density at radius 1 is 0.906 bits per heavy atom. The maximum atomic E-state index is 13.1. The highest BCUT2D eigenvalue weighted by molar-refractivity contribution is 6.10. The lowest BCUT2D eigenvalue weighted by atomic mass is 9.83. The van der Waals surface area contributed by atoms with E-state index in [1.165, 1.54) is 7.11 Å². The van der Waals surface area contributed by atoms with Gasteiger partial charge in [0.25, 0.3) is 0 Å². The molecule has 3 aromatic carbocycles. The zero-order valence-electron chi connectivity index (χ0n) is 17.7. The number of carbonyl (C=O) groups excluding carboxylic acids is 2. The first kappa shape index (κ1) is 21.1. The van der Waals surface area contributed by atoms with Crippen molar-refractivity contribution in [3.05, 3.63) is 95.6 Å². The normalized spacial score (nSPS) is 11.7. The molecule has 0 spiro atoms. The van der Waals surface area contributed by atoms with Gasteiger partial charge in [0.15, 0.2) is 0 Å². The van der Waals surface area contributed by atoms with Crippen molar-refractivity contribution in [1.82, 2.24) is 4.98 Å². The zero-order valence-corrected chi connectivity index (χ0v) is 17.7. The first-order valence-electron chi connectivity index (χ1n) is 10.0. The number of nitrogens with zero attached hydrogens (tertiary/aromatic N) is 1. The van der Waals surface area contributed by atoms with Gasteiger partial charge in [0.2, 0.25) is 5.91 Å². The van der Waals surface area contributed by atoms with Crippen LogP contribution >= 0.6 is 0 Å². The third-order valence-corrected chi connectivity index (χ3v) is 5.38. The number of pyridine rings is 1. The molecule has 0 fully saturated rings. The van der Waals surface area contributed by atoms with Crippen LogP contribution < -0.4 is 10.5 Å². The molecule has 2 N–H and O–H groups in total. The maximum absolute atomic E-state index is 13.1. The largest absolute Gasteiger partial charge is 0.497 e. The topological polar surface area (TPSA) is 91.5 Å². The summed E-state index contributed by atoms with van der Waals surface area (Å²) in [5.74, 6) is -1.46. The van der Waals surface area contributed by atoms with E-state index in [2.05, 4.69) is 0 Å². The highest BCUT2D eigenvalue weighted by Crippen LogP contribution is 2.39. The summed E-state index contributed by atoms with van der Waals surface area (Å²) in [7, 11) is 2.88. The van der Waals surface area contributed by atoms with Gasteiger partial charge in [-0.1, -0.05) is 60.7 Å². The van der Waals surface area contributed by atoms with Gasteiger partial charge >= 0.3 is 5.97 Å². The van der Waals surface area contributed by atoms with Crippen LogP contribution in [0.4, 0.5) is 0 Å². The number of carbonyl (C=O) groups is 2. The molecule has 0 saturated heterocycles. The van der Waals surface area contributed by atoms with Gasteiger partial charge < -0.3 is 15.2 Å². The van der Waals surface area contributed by atoms with E-state index in [1.807, 2.05) is 60.7 Å². The van der Waals surface area contributed by atoms with Crippen LogP contribution in [0.25, 0.3) is 22.2 Å². The van der Waals surface area contributed by atoms with Gasteiger partial charge in [0, 0.05) is 22.6 Å². The molecule has 6 heteroatoms. The molecule has 160 valence electrons. The molecular weight excluding hydrogens is 404 g/mol. The first-order chi connectivity index (χ1) is 15.5. The molecule has 32 heavy (non-hydrogen) atoms. The SMILES string of the molecule is COC(=O)C(c1ccccc1)c1c(-c2ccccc2)nc2cc(OC)ccc2c1C(N)=O. The van der Waals surface area contributed by atoms with Crippen molar-refractivity contribution in [2.45, 2.75) is 5.92 Å². The van der Waals surface area contributed by atoms with E-state index in [0.717, 1.165) is 5.56 Å². The van der Waals surface area contributed by atoms with Gasteiger partial charge in [0.1, 0.15) is 11.7 Å². The number of rotatable bonds is 6. The lowest BCUT2D eigenvalue weighted by molar-refractivity contribution is -0.141. The minimum atomic E-state index is -0.891. The van der Waals surface area contributed by atoms with Crippen molar-refractivity contribution in [3.8, 4) is 17.0 Å². The summed E-state index contributed by atoms with van der Waals surface area (Å²) >= 11 is 0. The van der Waals surface area contributed by atoms with Crippen molar-refractivity contribution < 1.29 is 19.1 Å². The molecule has 1 amide bonds.